The Morgan fingerprint density at radius 3 is 2.54 bits per heavy atom. The molecule has 1 fully saturated rings. The molecule has 1 rings (SSSR count). The molecule has 1 atom stereocenters. The van der Waals surface area contributed by atoms with Crippen LogP contribution in [0.2, 0.25) is 0 Å². The lowest BCUT2D eigenvalue weighted by molar-refractivity contribution is -0.0252. The van der Waals surface area contributed by atoms with Gasteiger partial charge in [0.15, 0.2) is 0 Å². The second kappa shape index (κ2) is 3.95. The van der Waals surface area contributed by atoms with E-state index in [-0.39, 0.29) is 5.41 Å². The molecule has 78 valence electrons. The summed E-state index contributed by atoms with van der Waals surface area (Å²) in [7, 11) is 1.69. The topological polar surface area (TPSA) is 55.5 Å². The van der Waals surface area contributed by atoms with Gasteiger partial charge in [0.2, 0.25) is 0 Å². The zero-order chi connectivity index (χ0) is 9.95. The highest BCUT2D eigenvalue weighted by Gasteiger charge is 2.54. The van der Waals surface area contributed by atoms with E-state index in [2.05, 4.69) is 0 Å². The molecule has 13 heavy (non-hydrogen) atoms. The van der Waals surface area contributed by atoms with E-state index in [1.807, 2.05) is 6.92 Å². The molecule has 0 radical (unpaired) electrons. The van der Waals surface area contributed by atoms with Crippen LogP contribution in [0.4, 0.5) is 0 Å². The molecule has 0 spiro atoms. The molecule has 0 aromatic heterocycles. The molecular weight excluding hydrogens is 166 g/mol. The minimum Gasteiger partial charge on any atom is -0.390 e. The van der Waals surface area contributed by atoms with Gasteiger partial charge >= 0.3 is 0 Å². The molecular formula is C10H21NO2. The summed E-state index contributed by atoms with van der Waals surface area (Å²) in [6, 6.07) is 0. The van der Waals surface area contributed by atoms with Gasteiger partial charge in [-0.2, -0.15) is 0 Å². The lowest BCUT2D eigenvalue weighted by atomic mass is 9.82. The third kappa shape index (κ3) is 2.22. The Kier molecular flexibility index (Phi) is 3.33. The lowest BCUT2D eigenvalue weighted by Crippen LogP contribution is -2.41. The molecule has 3 N–H and O–H groups in total. The summed E-state index contributed by atoms with van der Waals surface area (Å²) in [4.78, 5) is 0. The van der Waals surface area contributed by atoms with Crippen LogP contribution < -0.4 is 5.73 Å². The normalized spacial score (nSPS) is 24.0. The van der Waals surface area contributed by atoms with Crippen LogP contribution in [0.1, 0.15) is 32.6 Å². The minimum atomic E-state index is -0.597. The summed E-state index contributed by atoms with van der Waals surface area (Å²) in [5.41, 5.74) is 5.09. The largest absolute Gasteiger partial charge is 0.390 e. The summed E-state index contributed by atoms with van der Waals surface area (Å²) in [5.74, 6) is 0. The van der Waals surface area contributed by atoms with Crippen molar-refractivity contribution in [1.29, 1.82) is 0 Å². The van der Waals surface area contributed by atoms with Gasteiger partial charge in [-0.1, -0.05) is 0 Å². The Bertz CT molecular complexity index is 164. The van der Waals surface area contributed by atoms with E-state index in [0.29, 0.717) is 6.54 Å². The molecule has 1 aliphatic carbocycles. The van der Waals surface area contributed by atoms with Crippen LogP contribution in [0.3, 0.4) is 0 Å². The van der Waals surface area contributed by atoms with Crippen LogP contribution in [0, 0.1) is 5.41 Å². The van der Waals surface area contributed by atoms with E-state index < -0.39 is 5.60 Å². The predicted molar refractivity (Wildman–Crippen MR) is 52.5 cm³/mol. The molecule has 3 nitrogen and oxygen atoms in total. The lowest BCUT2D eigenvalue weighted by Gasteiger charge is -2.32. The fourth-order valence-corrected chi connectivity index (χ4v) is 1.94. The summed E-state index contributed by atoms with van der Waals surface area (Å²) in [5, 5.41) is 10.2. The first-order valence-corrected chi connectivity index (χ1v) is 4.99. The molecule has 0 aromatic rings. The summed E-state index contributed by atoms with van der Waals surface area (Å²) in [6.45, 7) is 3.23. The van der Waals surface area contributed by atoms with E-state index in [4.69, 9.17) is 10.5 Å². The average molecular weight is 187 g/mol. The smallest absolute Gasteiger partial charge is 0.0688 e. The Balaban J connectivity index is 2.36. The van der Waals surface area contributed by atoms with Crippen LogP contribution in [0.25, 0.3) is 0 Å². The zero-order valence-electron chi connectivity index (χ0n) is 8.68. The van der Waals surface area contributed by atoms with Gasteiger partial charge in [-0.25, -0.2) is 0 Å². The van der Waals surface area contributed by atoms with E-state index >= 15 is 0 Å². The van der Waals surface area contributed by atoms with Gasteiger partial charge in [-0.3, -0.25) is 0 Å². The van der Waals surface area contributed by atoms with E-state index in [1.54, 1.807) is 7.11 Å². The first-order chi connectivity index (χ1) is 6.08. The van der Waals surface area contributed by atoms with Crippen molar-refractivity contribution in [2.45, 2.75) is 38.2 Å². The molecule has 0 saturated heterocycles. The van der Waals surface area contributed by atoms with Crippen LogP contribution >= 0.6 is 0 Å². The molecule has 1 saturated carbocycles. The Hall–Kier alpha value is -0.120. The number of ether oxygens (including phenoxy) is 1. The maximum atomic E-state index is 10.2. The molecule has 0 aliphatic heterocycles. The number of aliphatic hydroxyl groups is 1. The van der Waals surface area contributed by atoms with Crippen molar-refractivity contribution in [3.05, 3.63) is 0 Å². The number of rotatable bonds is 6. The van der Waals surface area contributed by atoms with Crippen molar-refractivity contribution >= 4 is 0 Å². The van der Waals surface area contributed by atoms with Crippen molar-refractivity contribution in [1.82, 2.24) is 0 Å². The Morgan fingerprint density at radius 1 is 1.54 bits per heavy atom. The van der Waals surface area contributed by atoms with Crippen molar-refractivity contribution in [3.63, 3.8) is 0 Å². The quantitative estimate of drug-likeness (QED) is 0.607. The molecule has 0 bridgehead atoms. The van der Waals surface area contributed by atoms with Gasteiger partial charge < -0.3 is 15.6 Å². The molecule has 1 aliphatic rings. The number of hydrogen-bond donors (Lipinski definition) is 2. The van der Waals surface area contributed by atoms with Gasteiger partial charge in [0.25, 0.3) is 0 Å². The maximum absolute atomic E-state index is 10.2. The van der Waals surface area contributed by atoms with Gasteiger partial charge in [-0.05, 0) is 32.6 Å². The summed E-state index contributed by atoms with van der Waals surface area (Å²) >= 11 is 0. The number of methoxy groups -OCH3 is 1. The average Bonchev–Trinajstić information content (AvgIpc) is 2.84. The maximum Gasteiger partial charge on any atom is 0.0688 e. The summed E-state index contributed by atoms with van der Waals surface area (Å²) < 4.78 is 4.96. The van der Waals surface area contributed by atoms with Crippen molar-refractivity contribution in [2.75, 3.05) is 20.3 Å². The highest BCUT2D eigenvalue weighted by molar-refractivity contribution is 5.06. The highest BCUT2D eigenvalue weighted by atomic mass is 16.5. The Morgan fingerprint density at radius 2 is 2.15 bits per heavy atom. The van der Waals surface area contributed by atoms with Crippen LogP contribution in [-0.4, -0.2) is 31.0 Å². The van der Waals surface area contributed by atoms with E-state index in [0.717, 1.165) is 32.3 Å². The van der Waals surface area contributed by atoms with E-state index in [1.165, 1.54) is 0 Å². The second-order valence-electron chi connectivity index (χ2n) is 4.35. The Labute approximate surface area is 80.3 Å². The van der Waals surface area contributed by atoms with Gasteiger partial charge in [0.1, 0.15) is 0 Å². The predicted octanol–water partition coefficient (Wildman–Crippen LogP) is 0.903. The van der Waals surface area contributed by atoms with Crippen molar-refractivity contribution in [2.24, 2.45) is 11.1 Å². The zero-order valence-corrected chi connectivity index (χ0v) is 8.68. The SMILES string of the molecule is COCCCC(C)(O)C1(CN)CC1. The first kappa shape index (κ1) is 11.0. The molecule has 0 aromatic carbocycles. The van der Waals surface area contributed by atoms with Gasteiger partial charge in [0, 0.05) is 25.7 Å². The molecule has 3 heteroatoms. The van der Waals surface area contributed by atoms with Crippen molar-refractivity contribution in [3.8, 4) is 0 Å². The van der Waals surface area contributed by atoms with Gasteiger partial charge in [0.05, 0.1) is 5.60 Å². The third-order valence-corrected chi connectivity index (χ3v) is 3.40. The standard InChI is InChI=1S/C10H21NO2/c1-9(12,4-3-7-13-2)10(8-11)5-6-10/h12H,3-8,11H2,1-2H3. The van der Waals surface area contributed by atoms with Crippen LogP contribution in [-0.2, 0) is 4.74 Å². The van der Waals surface area contributed by atoms with Crippen LogP contribution in [0.5, 0.6) is 0 Å². The van der Waals surface area contributed by atoms with Gasteiger partial charge in [-0.15, -0.1) is 0 Å². The second-order valence-corrected chi connectivity index (χ2v) is 4.35. The monoisotopic (exact) mass is 187 g/mol. The number of nitrogens with two attached hydrogens (primary N) is 1. The molecule has 0 amide bonds. The number of hydrogen-bond acceptors (Lipinski definition) is 3. The third-order valence-electron chi connectivity index (χ3n) is 3.40. The summed E-state index contributed by atoms with van der Waals surface area (Å²) in [6.07, 6.45) is 3.84. The fraction of sp³-hybridized carbons (Fsp3) is 1.00. The van der Waals surface area contributed by atoms with E-state index in [9.17, 15) is 5.11 Å². The highest BCUT2D eigenvalue weighted by Crippen LogP contribution is 2.54. The first-order valence-electron chi connectivity index (χ1n) is 4.99. The van der Waals surface area contributed by atoms with Crippen LogP contribution in [0.15, 0.2) is 0 Å². The van der Waals surface area contributed by atoms with Crippen molar-refractivity contribution < 1.29 is 9.84 Å². The minimum absolute atomic E-state index is 0.0146. The fourth-order valence-electron chi connectivity index (χ4n) is 1.94. The molecule has 1 unspecified atom stereocenters. The molecule has 0 heterocycles.